The third kappa shape index (κ3) is 8.02. The van der Waals surface area contributed by atoms with E-state index in [9.17, 15) is 16.8 Å². The van der Waals surface area contributed by atoms with Gasteiger partial charge in [0.2, 0.25) is 0 Å². The molecule has 0 heterocycles. The first-order valence-electron chi connectivity index (χ1n) is 5.45. The number of hydrogen-bond acceptors (Lipinski definition) is 6. The van der Waals surface area contributed by atoms with E-state index in [2.05, 4.69) is 0 Å². The molecule has 0 aromatic heterocycles. The summed E-state index contributed by atoms with van der Waals surface area (Å²) in [5.74, 6) is -0.373. The third-order valence-electron chi connectivity index (χ3n) is 2.47. The summed E-state index contributed by atoms with van der Waals surface area (Å²) in [5, 5.41) is 0. The zero-order chi connectivity index (χ0) is 14.8. The maximum Gasteiger partial charge on any atom is 0.264 e. The lowest BCUT2D eigenvalue weighted by Crippen LogP contribution is -2.37. The molecule has 0 spiro atoms. The van der Waals surface area contributed by atoms with Gasteiger partial charge >= 0.3 is 0 Å². The van der Waals surface area contributed by atoms with E-state index in [0.717, 1.165) is 12.5 Å². The van der Waals surface area contributed by atoms with Gasteiger partial charge in [0.15, 0.2) is 0 Å². The summed E-state index contributed by atoms with van der Waals surface area (Å²) in [6.07, 6.45) is 1.25. The fourth-order valence-electron chi connectivity index (χ4n) is 1.63. The number of rotatable bonds is 6. The van der Waals surface area contributed by atoms with Crippen molar-refractivity contribution in [3.8, 4) is 0 Å². The maximum absolute atomic E-state index is 11.1. The van der Waals surface area contributed by atoms with Crippen molar-refractivity contribution in [2.45, 2.75) is 33.8 Å². The Bertz CT molecular complexity index is 457. The molecule has 18 heavy (non-hydrogen) atoms. The molecule has 0 aromatic carbocycles. The van der Waals surface area contributed by atoms with E-state index in [0.29, 0.717) is 0 Å². The van der Waals surface area contributed by atoms with E-state index in [1.165, 1.54) is 0 Å². The fraction of sp³-hybridized carbons (Fsp3) is 1.00. The van der Waals surface area contributed by atoms with Gasteiger partial charge in [-0.15, -0.1) is 0 Å². The van der Waals surface area contributed by atoms with Gasteiger partial charge in [-0.25, -0.2) is 0 Å². The van der Waals surface area contributed by atoms with Crippen molar-refractivity contribution in [2.24, 2.45) is 11.3 Å². The normalized spacial score (nSPS) is 17.4. The summed E-state index contributed by atoms with van der Waals surface area (Å²) < 4.78 is 53.8. The molecule has 2 unspecified atom stereocenters. The molecule has 0 aliphatic heterocycles. The molecule has 0 amide bonds. The van der Waals surface area contributed by atoms with E-state index in [1.54, 1.807) is 6.92 Å². The van der Waals surface area contributed by atoms with Crippen LogP contribution < -0.4 is 0 Å². The van der Waals surface area contributed by atoms with E-state index in [1.807, 2.05) is 20.8 Å². The highest BCUT2D eigenvalue weighted by Crippen LogP contribution is 2.31. The van der Waals surface area contributed by atoms with Crippen molar-refractivity contribution < 1.29 is 25.2 Å². The van der Waals surface area contributed by atoms with Crippen LogP contribution in [0.4, 0.5) is 0 Å². The molecule has 0 fully saturated rings. The first-order valence-corrected chi connectivity index (χ1v) is 9.08. The van der Waals surface area contributed by atoms with E-state index < -0.39 is 26.3 Å². The summed E-state index contributed by atoms with van der Waals surface area (Å²) in [6.45, 7) is 7.07. The Hall–Kier alpha value is -0.180. The summed E-state index contributed by atoms with van der Waals surface area (Å²) in [4.78, 5) is 0. The lowest BCUT2D eigenvalue weighted by molar-refractivity contribution is 0.0451. The molecule has 0 N–H and O–H groups in total. The van der Waals surface area contributed by atoms with Crippen LogP contribution >= 0.6 is 0 Å². The molecule has 0 aliphatic rings. The van der Waals surface area contributed by atoms with Crippen molar-refractivity contribution in [3.63, 3.8) is 0 Å². The molecule has 0 aliphatic carbocycles. The van der Waals surface area contributed by atoms with Gasteiger partial charge in [0, 0.05) is 5.92 Å². The minimum atomic E-state index is -3.59. The predicted octanol–water partition coefficient (Wildman–Crippen LogP) is 0.990. The molecular weight excluding hydrogens is 280 g/mol. The van der Waals surface area contributed by atoms with Gasteiger partial charge in [-0.05, 0) is 12.3 Å². The average molecular weight is 302 g/mol. The second kappa shape index (κ2) is 5.85. The largest absolute Gasteiger partial charge is 0.270 e. The van der Waals surface area contributed by atoms with Crippen molar-refractivity contribution in [3.05, 3.63) is 0 Å². The van der Waals surface area contributed by atoms with Gasteiger partial charge in [0.05, 0.1) is 25.2 Å². The molecule has 8 heteroatoms. The first kappa shape index (κ1) is 17.8. The average Bonchev–Trinajstić information content (AvgIpc) is 1.94. The van der Waals surface area contributed by atoms with Crippen LogP contribution in [0.3, 0.4) is 0 Å². The molecule has 0 saturated carbocycles. The highest BCUT2D eigenvalue weighted by molar-refractivity contribution is 7.86. The molecule has 110 valence electrons. The molecular formula is C10H22O6S2. The van der Waals surface area contributed by atoms with Gasteiger partial charge in [-0.1, -0.05) is 20.8 Å². The molecule has 0 aromatic rings. The van der Waals surface area contributed by atoms with Crippen molar-refractivity contribution in [1.82, 2.24) is 0 Å². The van der Waals surface area contributed by atoms with Crippen LogP contribution in [0.2, 0.25) is 0 Å². The molecule has 6 nitrogen and oxygen atoms in total. The Balaban J connectivity index is 4.91. The highest BCUT2D eigenvalue weighted by atomic mass is 32.2. The quantitative estimate of drug-likeness (QED) is 0.680. The van der Waals surface area contributed by atoms with Crippen molar-refractivity contribution in [2.75, 3.05) is 19.1 Å². The summed E-state index contributed by atoms with van der Waals surface area (Å²) in [6, 6.07) is 0. The second-order valence-electron chi connectivity index (χ2n) is 5.47. The minimum absolute atomic E-state index is 0.112. The number of hydrogen-bond donors (Lipinski definition) is 0. The molecule has 0 radical (unpaired) electrons. The molecule has 0 rings (SSSR count). The Kier molecular flexibility index (Phi) is 5.79. The maximum atomic E-state index is 11.1. The van der Waals surface area contributed by atoms with Gasteiger partial charge in [-0.2, -0.15) is 16.8 Å². The van der Waals surface area contributed by atoms with E-state index in [4.69, 9.17) is 8.37 Å². The van der Waals surface area contributed by atoms with Gasteiger partial charge in [-0.3, -0.25) is 8.37 Å². The van der Waals surface area contributed by atoms with E-state index in [-0.39, 0.29) is 17.9 Å². The van der Waals surface area contributed by atoms with Crippen LogP contribution in [0.25, 0.3) is 0 Å². The van der Waals surface area contributed by atoms with Crippen molar-refractivity contribution >= 4 is 20.2 Å². The topological polar surface area (TPSA) is 86.7 Å². The molecule has 0 bridgehead atoms. The van der Waals surface area contributed by atoms with Crippen molar-refractivity contribution in [1.29, 1.82) is 0 Å². The fourth-order valence-corrected chi connectivity index (χ4v) is 2.71. The van der Waals surface area contributed by atoms with Crippen LogP contribution in [0.15, 0.2) is 0 Å². The van der Waals surface area contributed by atoms with Crippen LogP contribution in [-0.4, -0.2) is 42.1 Å². The Morgan fingerprint density at radius 1 is 1.00 bits per heavy atom. The minimum Gasteiger partial charge on any atom is -0.270 e. The monoisotopic (exact) mass is 302 g/mol. The summed E-state index contributed by atoms with van der Waals surface area (Å²) in [7, 11) is -7.15. The zero-order valence-electron chi connectivity index (χ0n) is 11.6. The Morgan fingerprint density at radius 2 is 1.44 bits per heavy atom. The molecule has 2 atom stereocenters. The standard InChI is InChI=1S/C10H22O6S2/c1-8(16-18(6,13)14)9(10(2,3)4)7-15-17(5,11)12/h8-9H,7H2,1-6H3. The Morgan fingerprint density at radius 3 is 1.72 bits per heavy atom. The SMILES string of the molecule is CC(OS(C)(=O)=O)C(COS(C)(=O)=O)C(C)(C)C. The van der Waals surface area contributed by atoms with Crippen LogP contribution in [0.5, 0.6) is 0 Å². The molecule has 0 saturated heterocycles. The van der Waals surface area contributed by atoms with Crippen LogP contribution in [0.1, 0.15) is 27.7 Å². The lowest BCUT2D eigenvalue weighted by Gasteiger charge is -2.33. The smallest absolute Gasteiger partial charge is 0.264 e. The first-order chi connectivity index (χ1) is 7.72. The Labute approximate surface area is 110 Å². The van der Waals surface area contributed by atoms with Gasteiger partial charge in [0.1, 0.15) is 0 Å². The lowest BCUT2D eigenvalue weighted by atomic mass is 9.78. The summed E-state index contributed by atoms with van der Waals surface area (Å²) in [5.41, 5.74) is -0.352. The van der Waals surface area contributed by atoms with Crippen LogP contribution in [0, 0.1) is 11.3 Å². The van der Waals surface area contributed by atoms with Gasteiger partial charge in [0.25, 0.3) is 20.2 Å². The third-order valence-corrected chi connectivity index (χ3v) is 3.68. The second-order valence-corrected chi connectivity index (χ2v) is 8.71. The summed E-state index contributed by atoms with van der Waals surface area (Å²) >= 11 is 0. The predicted molar refractivity (Wildman–Crippen MR) is 69.1 cm³/mol. The van der Waals surface area contributed by atoms with Gasteiger partial charge < -0.3 is 0 Å². The zero-order valence-corrected chi connectivity index (χ0v) is 13.3. The van der Waals surface area contributed by atoms with Crippen LogP contribution in [-0.2, 0) is 28.6 Å². The highest BCUT2D eigenvalue weighted by Gasteiger charge is 2.33. The van der Waals surface area contributed by atoms with E-state index >= 15 is 0 Å².